The molecule has 0 fully saturated rings. The lowest BCUT2D eigenvalue weighted by molar-refractivity contribution is -0.139. The van der Waals surface area contributed by atoms with Crippen molar-refractivity contribution in [3.63, 3.8) is 0 Å². The van der Waals surface area contributed by atoms with Gasteiger partial charge in [0.1, 0.15) is 0 Å². The molecule has 0 saturated heterocycles. The lowest BCUT2D eigenvalue weighted by atomic mass is 10.0. The van der Waals surface area contributed by atoms with Gasteiger partial charge in [-0.1, -0.05) is 0 Å². The predicted octanol–water partition coefficient (Wildman–Crippen LogP) is 1.56. The molecule has 0 saturated carbocycles. The average Bonchev–Trinajstić information content (AvgIpc) is 2.31. The molecule has 0 unspecified atom stereocenters. The molecule has 0 spiro atoms. The highest BCUT2D eigenvalue weighted by Gasteiger charge is 2.28. The Morgan fingerprint density at radius 1 is 1.41 bits per heavy atom. The number of nitrogens with one attached hydrogen (secondary N) is 1. The van der Waals surface area contributed by atoms with Crippen LogP contribution in [0.1, 0.15) is 19.8 Å². The first kappa shape index (κ1) is 15.5. The highest BCUT2D eigenvalue weighted by Crippen LogP contribution is 2.21. The molecule has 0 aromatic rings. The Hall–Kier alpha value is -1.53. The number of alkyl halides is 3. The number of ether oxygens (including phenoxy) is 1. The summed E-state index contributed by atoms with van der Waals surface area (Å²) in [5.41, 5.74) is -0.754. The van der Waals surface area contributed by atoms with E-state index in [0.717, 1.165) is 0 Å². The van der Waals surface area contributed by atoms with Gasteiger partial charge in [0.2, 0.25) is 5.91 Å². The van der Waals surface area contributed by atoms with E-state index < -0.39 is 24.0 Å². The van der Waals surface area contributed by atoms with Gasteiger partial charge in [-0.05, 0) is 13.3 Å². The molecule has 17 heavy (non-hydrogen) atoms. The van der Waals surface area contributed by atoms with E-state index in [2.05, 4.69) is 4.74 Å². The Kier molecular flexibility index (Phi) is 7.00. The number of halogens is 3. The summed E-state index contributed by atoms with van der Waals surface area (Å²) in [4.78, 5) is 22.1. The van der Waals surface area contributed by atoms with Crippen molar-refractivity contribution in [1.82, 2.24) is 5.32 Å². The van der Waals surface area contributed by atoms with E-state index in [1.165, 1.54) is 0 Å². The largest absolute Gasteiger partial charge is 0.463 e. The Morgan fingerprint density at radius 3 is 2.47 bits per heavy atom. The van der Waals surface area contributed by atoms with Crippen LogP contribution in [0.3, 0.4) is 0 Å². The summed E-state index contributed by atoms with van der Waals surface area (Å²) in [7, 11) is 0.500. The van der Waals surface area contributed by atoms with Crippen LogP contribution in [0.5, 0.6) is 0 Å². The number of allylic oxidation sites excluding steroid dienone is 1. The quantitative estimate of drug-likeness (QED) is 0.777. The summed E-state index contributed by atoms with van der Waals surface area (Å²) in [6.45, 7) is 1.70. The summed E-state index contributed by atoms with van der Waals surface area (Å²) in [6.07, 6.45) is -2.83. The maximum atomic E-state index is 12.5. The molecule has 0 bridgehead atoms. The molecule has 0 radical (unpaired) electrons. The smallest absolute Gasteiger partial charge is 0.335 e. The van der Waals surface area contributed by atoms with Crippen LogP contribution in [0.2, 0.25) is 0 Å². The van der Waals surface area contributed by atoms with Crippen molar-refractivity contribution < 1.29 is 27.5 Å². The summed E-state index contributed by atoms with van der Waals surface area (Å²) < 4.78 is 39.0. The van der Waals surface area contributed by atoms with Gasteiger partial charge in [0.25, 0.3) is 6.43 Å². The minimum Gasteiger partial charge on any atom is -0.463 e. The maximum Gasteiger partial charge on any atom is 0.335 e. The summed E-state index contributed by atoms with van der Waals surface area (Å²) in [6, 6.07) is 0. The third-order valence-electron chi connectivity index (χ3n) is 1.94. The normalized spacial score (nSPS) is 15.1. The van der Waals surface area contributed by atoms with Gasteiger partial charge in [-0.3, -0.25) is 9.18 Å². The number of esters is 1. The van der Waals surface area contributed by atoms with Gasteiger partial charge in [-0.2, -0.15) is 0 Å². The van der Waals surface area contributed by atoms with Crippen LogP contribution in [0, 0.1) is 0 Å². The van der Waals surface area contributed by atoms with Gasteiger partial charge in [0.05, 0.1) is 25.1 Å². The molecule has 1 N–H and O–H groups in total. The third kappa shape index (κ3) is 4.46. The van der Waals surface area contributed by atoms with Gasteiger partial charge in [-0.25, -0.2) is 13.6 Å². The van der Waals surface area contributed by atoms with E-state index in [1.807, 2.05) is 5.32 Å². The summed E-state index contributed by atoms with van der Waals surface area (Å²) >= 11 is 0. The van der Waals surface area contributed by atoms with E-state index >= 15 is 0 Å². The number of rotatable bonds is 3. The zero-order valence-corrected chi connectivity index (χ0v) is 9.56. The Morgan fingerprint density at radius 2 is 2.00 bits per heavy atom. The zero-order valence-electron chi connectivity index (χ0n) is 9.56. The van der Waals surface area contributed by atoms with Crippen molar-refractivity contribution in [2.45, 2.75) is 26.2 Å². The second-order valence-corrected chi connectivity index (χ2v) is 2.96. The number of amides is 1. The number of carbonyl (C=O) groups is 2. The highest BCUT2D eigenvalue weighted by molar-refractivity contribution is 5.93. The molecule has 7 heteroatoms. The minimum absolute atomic E-state index is 0.00431. The highest BCUT2D eigenvalue weighted by atomic mass is 19.3. The fourth-order valence-corrected chi connectivity index (χ4v) is 1.28. The van der Waals surface area contributed by atoms with Crippen LogP contribution in [0.4, 0.5) is 13.2 Å². The topological polar surface area (TPSA) is 55.4 Å². The molecule has 4 nitrogen and oxygen atoms in total. The SMILES string of the molecule is CCOC(=O)C1=C(C(F)F)NC(=O)CC1.CF. The van der Waals surface area contributed by atoms with E-state index in [0.29, 0.717) is 7.18 Å². The second-order valence-electron chi connectivity index (χ2n) is 2.96. The van der Waals surface area contributed by atoms with Crippen molar-refractivity contribution in [2.75, 3.05) is 13.8 Å². The second kappa shape index (κ2) is 7.70. The number of carbonyl (C=O) groups excluding carboxylic acids is 2. The molecule has 1 aliphatic rings. The van der Waals surface area contributed by atoms with Crippen LogP contribution in [-0.2, 0) is 14.3 Å². The Bertz CT molecular complexity index is 316. The van der Waals surface area contributed by atoms with Gasteiger partial charge in [-0.15, -0.1) is 0 Å². The molecule has 0 atom stereocenters. The van der Waals surface area contributed by atoms with E-state index in [1.54, 1.807) is 6.92 Å². The molecule has 0 aromatic heterocycles. The van der Waals surface area contributed by atoms with Crippen LogP contribution in [-0.4, -0.2) is 32.1 Å². The van der Waals surface area contributed by atoms with Crippen molar-refractivity contribution >= 4 is 11.9 Å². The number of hydrogen-bond donors (Lipinski definition) is 1. The standard InChI is InChI=1S/C9H11F2NO3.CH3F/c1-2-15-9(14)5-3-4-6(13)12-7(5)8(10)11;1-2/h8H,2-4H2,1H3,(H,12,13);1H3. The predicted molar refractivity (Wildman–Crippen MR) is 54.1 cm³/mol. The van der Waals surface area contributed by atoms with Gasteiger partial charge in [0.15, 0.2) is 0 Å². The van der Waals surface area contributed by atoms with Gasteiger partial charge < -0.3 is 10.1 Å². The molecule has 1 heterocycles. The lowest BCUT2D eigenvalue weighted by Crippen LogP contribution is -2.34. The van der Waals surface area contributed by atoms with Crippen molar-refractivity contribution in [3.05, 3.63) is 11.3 Å². The third-order valence-corrected chi connectivity index (χ3v) is 1.94. The van der Waals surface area contributed by atoms with E-state index in [4.69, 9.17) is 0 Å². The molecule has 1 rings (SSSR count). The molecule has 1 amide bonds. The molecule has 98 valence electrons. The Labute approximate surface area is 96.8 Å². The molecule has 1 aliphatic heterocycles. The first-order valence-electron chi connectivity index (χ1n) is 4.92. The molecular formula is C10H14F3NO3. The lowest BCUT2D eigenvalue weighted by Gasteiger charge is -2.19. The summed E-state index contributed by atoms with van der Waals surface area (Å²) in [5.74, 6) is -1.29. The maximum absolute atomic E-state index is 12.5. The fraction of sp³-hybridized carbons (Fsp3) is 0.600. The molecular weight excluding hydrogens is 239 g/mol. The van der Waals surface area contributed by atoms with Gasteiger partial charge >= 0.3 is 5.97 Å². The fourth-order valence-electron chi connectivity index (χ4n) is 1.28. The van der Waals surface area contributed by atoms with E-state index in [-0.39, 0.29) is 25.0 Å². The first-order chi connectivity index (χ1) is 8.06. The summed E-state index contributed by atoms with van der Waals surface area (Å²) in [5, 5.41) is 2.00. The van der Waals surface area contributed by atoms with E-state index in [9.17, 15) is 22.8 Å². The van der Waals surface area contributed by atoms with Crippen LogP contribution in [0.25, 0.3) is 0 Å². The molecule has 0 aromatic carbocycles. The van der Waals surface area contributed by atoms with Crippen molar-refractivity contribution in [1.29, 1.82) is 0 Å². The van der Waals surface area contributed by atoms with Gasteiger partial charge in [0, 0.05) is 6.42 Å². The Balaban J connectivity index is 0.00000121. The van der Waals surface area contributed by atoms with Crippen LogP contribution < -0.4 is 5.32 Å². The van der Waals surface area contributed by atoms with Crippen LogP contribution >= 0.6 is 0 Å². The average molecular weight is 253 g/mol. The number of hydrogen-bond acceptors (Lipinski definition) is 3. The first-order valence-corrected chi connectivity index (χ1v) is 4.92. The minimum atomic E-state index is -2.87. The van der Waals surface area contributed by atoms with Crippen LogP contribution in [0.15, 0.2) is 11.3 Å². The van der Waals surface area contributed by atoms with Crippen molar-refractivity contribution in [2.24, 2.45) is 0 Å². The zero-order chi connectivity index (χ0) is 13.4. The monoisotopic (exact) mass is 253 g/mol. The van der Waals surface area contributed by atoms with Crippen molar-refractivity contribution in [3.8, 4) is 0 Å². The molecule has 0 aliphatic carbocycles.